The molecular formula is C14H11ClN4O. The first kappa shape index (κ1) is 12.6. The summed E-state index contributed by atoms with van der Waals surface area (Å²) in [6, 6.07) is 8.90. The number of rotatable bonds is 3. The first-order chi connectivity index (χ1) is 9.72. The summed E-state index contributed by atoms with van der Waals surface area (Å²) in [6.45, 7) is 0.342. The Hall–Kier alpha value is -2.40. The molecule has 0 bridgehead atoms. The van der Waals surface area contributed by atoms with E-state index in [1.165, 1.54) is 12.3 Å². The lowest BCUT2D eigenvalue weighted by atomic mass is 10.3. The van der Waals surface area contributed by atoms with Crippen molar-refractivity contribution in [3.8, 4) is 0 Å². The summed E-state index contributed by atoms with van der Waals surface area (Å²) < 4.78 is 1.90. The van der Waals surface area contributed by atoms with Crippen LogP contribution in [0.2, 0.25) is 5.02 Å². The van der Waals surface area contributed by atoms with Gasteiger partial charge in [-0.15, -0.1) is 0 Å². The molecule has 0 aliphatic carbocycles. The van der Waals surface area contributed by atoms with Gasteiger partial charge in [0.25, 0.3) is 5.91 Å². The lowest BCUT2D eigenvalue weighted by Crippen LogP contribution is -2.23. The summed E-state index contributed by atoms with van der Waals surface area (Å²) >= 11 is 5.82. The molecule has 6 heteroatoms. The third kappa shape index (κ3) is 2.62. The number of carbonyl (C=O) groups is 1. The van der Waals surface area contributed by atoms with Crippen LogP contribution in [0.3, 0.4) is 0 Å². The Morgan fingerprint density at radius 1 is 1.35 bits per heavy atom. The summed E-state index contributed by atoms with van der Waals surface area (Å²) in [4.78, 5) is 20.3. The summed E-state index contributed by atoms with van der Waals surface area (Å²) in [7, 11) is 0. The quantitative estimate of drug-likeness (QED) is 0.804. The number of nitrogens with zero attached hydrogens (tertiary/aromatic N) is 3. The normalized spacial score (nSPS) is 10.7. The number of fused-ring (bicyclic) bond motifs is 1. The van der Waals surface area contributed by atoms with Crippen LogP contribution in [0.4, 0.5) is 0 Å². The van der Waals surface area contributed by atoms with Crippen molar-refractivity contribution in [3.05, 3.63) is 65.3 Å². The second-order valence-corrected chi connectivity index (χ2v) is 4.68. The number of halogens is 1. The maximum atomic E-state index is 11.9. The van der Waals surface area contributed by atoms with E-state index in [0.717, 1.165) is 11.3 Å². The van der Waals surface area contributed by atoms with Gasteiger partial charge in [-0.3, -0.25) is 9.78 Å². The van der Waals surface area contributed by atoms with Gasteiger partial charge in [0.05, 0.1) is 12.2 Å². The van der Waals surface area contributed by atoms with Crippen molar-refractivity contribution in [2.24, 2.45) is 0 Å². The summed E-state index contributed by atoms with van der Waals surface area (Å²) in [5.74, 6) is -0.274. The van der Waals surface area contributed by atoms with Gasteiger partial charge in [0.2, 0.25) is 0 Å². The van der Waals surface area contributed by atoms with Gasteiger partial charge < -0.3 is 9.72 Å². The second-order valence-electron chi connectivity index (χ2n) is 4.24. The van der Waals surface area contributed by atoms with Crippen molar-refractivity contribution in [2.75, 3.05) is 0 Å². The minimum atomic E-state index is -0.274. The van der Waals surface area contributed by atoms with E-state index in [1.54, 1.807) is 6.07 Å². The highest BCUT2D eigenvalue weighted by molar-refractivity contribution is 6.30. The molecule has 0 fully saturated rings. The Balaban J connectivity index is 1.71. The van der Waals surface area contributed by atoms with Crippen molar-refractivity contribution < 1.29 is 4.79 Å². The average Bonchev–Trinajstić information content (AvgIpc) is 2.87. The smallest absolute Gasteiger partial charge is 0.270 e. The summed E-state index contributed by atoms with van der Waals surface area (Å²) in [6.07, 6.45) is 5.29. The number of amides is 1. The number of hydrogen-bond acceptors (Lipinski definition) is 3. The molecule has 1 amide bonds. The fraction of sp³-hybridized carbons (Fsp3) is 0.0714. The van der Waals surface area contributed by atoms with Crippen LogP contribution in [0, 0.1) is 0 Å². The number of pyridine rings is 2. The van der Waals surface area contributed by atoms with Gasteiger partial charge in [-0.25, -0.2) is 4.98 Å². The lowest BCUT2D eigenvalue weighted by molar-refractivity contribution is 0.0945. The Kier molecular flexibility index (Phi) is 3.35. The van der Waals surface area contributed by atoms with Crippen molar-refractivity contribution >= 4 is 23.2 Å². The van der Waals surface area contributed by atoms with Crippen LogP contribution in [0.15, 0.2) is 48.9 Å². The topological polar surface area (TPSA) is 59.3 Å². The minimum absolute atomic E-state index is 0.274. The van der Waals surface area contributed by atoms with Gasteiger partial charge >= 0.3 is 0 Å². The number of hydrogen-bond donors (Lipinski definition) is 1. The van der Waals surface area contributed by atoms with Crippen LogP contribution < -0.4 is 5.32 Å². The Morgan fingerprint density at radius 2 is 2.25 bits per heavy atom. The molecule has 0 aliphatic rings. The third-order valence-corrected chi connectivity index (χ3v) is 3.03. The highest BCUT2D eigenvalue weighted by Crippen LogP contribution is 2.08. The number of nitrogens with one attached hydrogen (secondary N) is 1. The standard InChI is InChI=1S/C14H11ClN4O/c15-10-4-5-16-12(7-10)14(20)17-8-11-9-19-6-2-1-3-13(19)18-11/h1-7,9H,8H2,(H,17,20). The molecule has 0 aromatic carbocycles. The maximum Gasteiger partial charge on any atom is 0.270 e. The van der Waals surface area contributed by atoms with Crippen LogP contribution in [-0.2, 0) is 6.54 Å². The molecule has 0 radical (unpaired) electrons. The minimum Gasteiger partial charge on any atom is -0.345 e. The number of imidazole rings is 1. The van der Waals surface area contributed by atoms with E-state index in [4.69, 9.17) is 11.6 Å². The molecule has 3 aromatic rings. The van der Waals surface area contributed by atoms with Crippen LogP contribution in [0.25, 0.3) is 5.65 Å². The van der Waals surface area contributed by atoms with Crippen molar-refractivity contribution in [1.29, 1.82) is 0 Å². The molecule has 3 rings (SSSR count). The molecule has 3 heterocycles. The zero-order valence-electron chi connectivity index (χ0n) is 10.5. The molecule has 1 N–H and O–H groups in total. The summed E-state index contributed by atoms with van der Waals surface area (Å²) in [5.41, 5.74) is 1.92. The largest absolute Gasteiger partial charge is 0.345 e. The molecule has 100 valence electrons. The Morgan fingerprint density at radius 3 is 3.05 bits per heavy atom. The van der Waals surface area contributed by atoms with Gasteiger partial charge in [0, 0.05) is 23.6 Å². The van der Waals surface area contributed by atoms with E-state index < -0.39 is 0 Å². The molecule has 0 atom stereocenters. The van der Waals surface area contributed by atoms with Crippen molar-refractivity contribution in [1.82, 2.24) is 19.7 Å². The van der Waals surface area contributed by atoms with E-state index in [2.05, 4.69) is 15.3 Å². The second kappa shape index (κ2) is 5.30. The van der Waals surface area contributed by atoms with Gasteiger partial charge in [0.1, 0.15) is 11.3 Å². The number of carbonyl (C=O) groups excluding carboxylic acids is 1. The van der Waals surface area contributed by atoms with E-state index in [9.17, 15) is 4.79 Å². The molecule has 5 nitrogen and oxygen atoms in total. The summed E-state index contributed by atoms with van der Waals surface area (Å²) in [5, 5.41) is 3.25. The fourth-order valence-electron chi connectivity index (χ4n) is 1.86. The molecule has 0 aliphatic heterocycles. The van der Waals surface area contributed by atoms with E-state index in [1.807, 2.05) is 35.0 Å². The van der Waals surface area contributed by atoms with Crippen molar-refractivity contribution in [3.63, 3.8) is 0 Å². The van der Waals surface area contributed by atoms with Gasteiger partial charge in [0.15, 0.2) is 0 Å². The molecular weight excluding hydrogens is 276 g/mol. The maximum absolute atomic E-state index is 11.9. The Labute approximate surface area is 120 Å². The zero-order chi connectivity index (χ0) is 13.9. The monoisotopic (exact) mass is 286 g/mol. The van der Waals surface area contributed by atoms with E-state index >= 15 is 0 Å². The van der Waals surface area contributed by atoms with Crippen LogP contribution in [-0.4, -0.2) is 20.3 Å². The van der Waals surface area contributed by atoms with Gasteiger partial charge in [-0.2, -0.15) is 0 Å². The van der Waals surface area contributed by atoms with Gasteiger partial charge in [-0.1, -0.05) is 17.7 Å². The first-order valence-corrected chi connectivity index (χ1v) is 6.42. The van der Waals surface area contributed by atoms with Crippen LogP contribution >= 0.6 is 11.6 Å². The SMILES string of the molecule is O=C(NCc1cn2ccccc2n1)c1cc(Cl)ccn1. The number of aromatic nitrogens is 3. The highest BCUT2D eigenvalue weighted by Gasteiger charge is 2.08. The van der Waals surface area contributed by atoms with Crippen molar-refractivity contribution in [2.45, 2.75) is 6.54 Å². The highest BCUT2D eigenvalue weighted by atomic mass is 35.5. The molecule has 0 saturated carbocycles. The molecule has 0 unspecified atom stereocenters. The zero-order valence-corrected chi connectivity index (χ0v) is 11.2. The third-order valence-electron chi connectivity index (χ3n) is 2.80. The molecule has 0 spiro atoms. The Bertz CT molecular complexity index is 735. The fourth-order valence-corrected chi connectivity index (χ4v) is 2.02. The predicted octanol–water partition coefficient (Wildman–Crippen LogP) is 2.31. The molecule has 0 saturated heterocycles. The van der Waals surface area contributed by atoms with Crippen LogP contribution in [0.5, 0.6) is 0 Å². The van der Waals surface area contributed by atoms with Gasteiger partial charge in [-0.05, 0) is 24.3 Å². The molecule has 3 aromatic heterocycles. The lowest BCUT2D eigenvalue weighted by Gasteiger charge is -2.02. The molecule has 20 heavy (non-hydrogen) atoms. The van der Waals surface area contributed by atoms with E-state index in [0.29, 0.717) is 17.3 Å². The van der Waals surface area contributed by atoms with Crippen LogP contribution in [0.1, 0.15) is 16.2 Å². The first-order valence-electron chi connectivity index (χ1n) is 6.05. The average molecular weight is 287 g/mol. The van der Waals surface area contributed by atoms with E-state index in [-0.39, 0.29) is 5.91 Å². The predicted molar refractivity (Wildman–Crippen MR) is 75.6 cm³/mol.